The number of carbonyl (C=O) groups is 2. The molecule has 3 aromatic carbocycles. The maximum Gasteiger partial charge on any atom is 0.269 e. The van der Waals surface area contributed by atoms with E-state index in [0.29, 0.717) is 22.6 Å². The first kappa shape index (κ1) is 24.9. The topological polar surface area (TPSA) is 110 Å². The number of halogens is 2. The average Bonchev–Trinajstić information content (AvgIpc) is 3.30. The van der Waals surface area contributed by atoms with Gasteiger partial charge < -0.3 is 15.4 Å². The number of ether oxygens (including phenoxy) is 1. The van der Waals surface area contributed by atoms with E-state index in [2.05, 4.69) is 25.7 Å². The Morgan fingerprint density at radius 3 is 2.62 bits per heavy atom. The minimum absolute atomic E-state index is 0.00303. The van der Waals surface area contributed by atoms with Crippen molar-refractivity contribution in [3.8, 4) is 17.0 Å². The van der Waals surface area contributed by atoms with E-state index in [1.165, 1.54) is 48.2 Å². The van der Waals surface area contributed by atoms with Gasteiger partial charge in [-0.1, -0.05) is 42.5 Å². The Bertz CT molecular complexity index is 1820. The predicted octanol–water partition coefficient (Wildman–Crippen LogP) is 4.23. The lowest BCUT2D eigenvalue weighted by Gasteiger charge is -2.14. The Labute approximate surface area is 226 Å². The van der Waals surface area contributed by atoms with Crippen molar-refractivity contribution in [2.75, 3.05) is 12.4 Å². The smallest absolute Gasteiger partial charge is 0.269 e. The summed E-state index contributed by atoms with van der Waals surface area (Å²) in [7, 11) is 1.43. The molecule has 3 heterocycles. The van der Waals surface area contributed by atoms with Gasteiger partial charge in [0, 0.05) is 29.1 Å². The molecule has 6 rings (SSSR count). The Morgan fingerprint density at radius 2 is 1.82 bits per heavy atom. The molecule has 11 heteroatoms. The molecular formula is C29H20F2N6O3. The Hall–Kier alpha value is -5.45. The van der Waals surface area contributed by atoms with Crippen molar-refractivity contribution in [1.29, 1.82) is 0 Å². The van der Waals surface area contributed by atoms with Crippen LogP contribution in [0.3, 0.4) is 0 Å². The van der Waals surface area contributed by atoms with Gasteiger partial charge in [0.1, 0.15) is 28.6 Å². The van der Waals surface area contributed by atoms with Crippen molar-refractivity contribution in [3.63, 3.8) is 0 Å². The largest absolute Gasteiger partial charge is 0.497 e. The highest BCUT2D eigenvalue weighted by Gasteiger charge is 2.32. The standard InChI is InChI=1S/C29H20F2N6O3/c1-40-17-11-12-20(30)19(15-17)25-22(27-32-13-6-14-37(27)36-25)28(38)35-26-29(39)34-24-18(9-5-10-21(24)31)23(33-26)16-7-3-2-4-8-16/h2-15,26H,1H3,(H,34,39)(H,35,38)/t26-/m1/s1. The van der Waals surface area contributed by atoms with Crippen molar-refractivity contribution < 1.29 is 23.1 Å². The zero-order valence-electron chi connectivity index (χ0n) is 20.9. The maximum atomic E-state index is 15.0. The van der Waals surface area contributed by atoms with Gasteiger partial charge in [-0.05, 0) is 30.3 Å². The second kappa shape index (κ2) is 10.0. The third kappa shape index (κ3) is 4.33. The number of fused-ring (bicyclic) bond motifs is 2. The second-order valence-corrected chi connectivity index (χ2v) is 8.83. The summed E-state index contributed by atoms with van der Waals surface area (Å²) in [5, 5.41) is 9.54. The number of amides is 2. The highest BCUT2D eigenvalue weighted by Crippen LogP contribution is 2.31. The van der Waals surface area contributed by atoms with Crippen molar-refractivity contribution in [2.24, 2.45) is 4.99 Å². The van der Waals surface area contributed by atoms with Gasteiger partial charge in [0.25, 0.3) is 11.8 Å². The van der Waals surface area contributed by atoms with Crippen LogP contribution in [0.2, 0.25) is 0 Å². The van der Waals surface area contributed by atoms with Crippen molar-refractivity contribution in [1.82, 2.24) is 19.9 Å². The van der Waals surface area contributed by atoms with E-state index in [9.17, 15) is 18.4 Å². The molecule has 2 aromatic heterocycles. The van der Waals surface area contributed by atoms with Crippen LogP contribution in [0.4, 0.5) is 14.5 Å². The van der Waals surface area contributed by atoms with E-state index in [1.54, 1.807) is 42.6 Å². The highest BCUT2D eigenvalue weighted by atomic mass is 19.1. The number of nitrogens with zero attached hydrogens (tertiary/aromatic N) is 4. The number of anilines is 1. The number of rotatable bonds is 5. The number of hydrogen-bond donors (Lipinski definition) is 2. The van der Waals surface area contributed by atoms with Crippen LogP contribution in [-0.2, 0) is 4.79 Å². The van der Waals surface area contributed by atoms with Crippen LogP contribution in [-0.4, -0.2) is 45.4 Å². The van der Waals surface area contributed by atoms with Gasteiger partial charge in [-0.15, -0.1) is 0 Å². The summed E-state index contributed by atoms with van der Waals surface area (Å²) in [4.78, 5) is 35.9. The molecule has 0 unspecified atom stereocenters. The SMILES string of the molecule is COc1ccc(F)c(-c2nn3cccnc3c2C(=O)N[C@H]2N=C(c3ccccc3)c3cccc(F)c3NC2=O)c1. The molecule has 40 heavy (non-hydrogen) atoms. The van der Waals surface area contributed by atoms with E-state index < -0.39 is 29.6 Å². The Kier molecular flexibility index (Phi) is 6.23. The van der Waals surface area contributed by atoms with Crippen LogP contribution in [0.5, 0.6) is 5.75 Å². The van der Waals surface area contributed by atoms with E-state index in [4.69, 9.17) is 4.74 Å². The normalized spacial score (nSPS) is 14.6. The first-order chi connectivity index (χ1) is 19.4. The zero-order chi connectivity index (χ0) is 27.8. The molecule has 0 saturated heterocycles. The van der Waals surface area contributed by atoms with E-state index in [-0.39, 0.29) is 28.2 Å². The fourth-order valence-electron chi connectivity index (χ4n) is 4.51. The molecule has 0 saturated carbocycles. The van der Waals surface area contributed by atoms with Crippen LogP contribution in [0.15, 0.2) is 90.2 Å². The van der Waals surface area contributed by atoms with Crippen LogP contribution in [0, 0.1) is 11.6 Å². The Balaban J connectivity index is 1.46. The fourth-order valence-corrected chi connectivity index (χ4v) is 4.51. The third-order valence-corrected chi connectivity index (χ3v) is 6.39. The van der Waals surface area contributed by atoms with Gasteiger partial charge in [0.15, 0.2) is 5.65 Å². The summed E-state index contributed by atoms with van der Waals surface area (Å²) in [5.74, 6) is -2.48. The molecule has 2 amide bonds. The molecule has 0 radical (unpaired) electrons. The molecule has 198 valence electrons. The van der Waals surface area contributed by atoms with Gasteiger partial charge in [0.05, 0.1) is 18.5 Å². The third-order valence-electron chi connectivity index (χ3n) is 6.39. The van der Waals surface area contributed by atoms with Crippen molar-refractivity contribution in [3.05, 3.63) is 114 Å². The number of hydrogen-bond acceptors (Lipinski definition) is 6. The minimum Gasteiger partial charge on any atom is -0.497 e. The molecule has 0 fully saturated rings. The number of methoxy groups -OCH3 is 1. The average molecular weight is 539 g/mol. The minimum atomic E-state index is -1.46. The molecule has 5 aromatic rings. The summed E-state index contributed by atoms with van der Waals surface area (Å²) < 4.78 is 36.4. The summed E-state index contributed by atoms with van der Waals surface area (Å²) in [5.41, 5.74) is 1.26. The number of nitrogens with one attached hydrogen (secondary N) is 2. The number of benzodiazepines with no additional fused rings is 1. The quantitative estimate of drug-likeness (QED) is 0.348. The first-order valence-electron chi connectivity index (χ1n) is 12.2. The van der Waals surface area contributed by atoms with Gasteiger partial charge in [-0.3, -0.25) is 9.59 Å². The molecule has 1 atom stereocenters. The number of aromatic nitrogens is 3. The van der Waals surface area contributed by atoms with Crippen LogP contribution in [0.1, 0.15) is 21.5 Å². The van der Waals surface area contributed by atoms with Crippen LogP contribution < -0.4 is 15.4 Å². The summed E-state index contributed by atoms with van der Waals surface area (Å²) in [6.45, 7) is 0. The molecule has 0 bridgehead atoms. The van der Waals surface area contributed by atoms with Crippen molar-refractivity contribution >= 4 is 28.9 Å². The summed E-state index contributed by atoms with van der Waals surface area (Å²) in [6, 6.07) is 18.9. The van der Waals surface area contributed by atoms with E-state index in [0.717, 1.165) is 0 Å². The van der Waals surface area contributed by atoms with E-state index >= 15 is 0 Å². The number of benzene rings is 3. The Morgan fingerprint density at radius 1 is 1.00 bits per heavy atom. The second-order valence-electron chi connectivity index (χ2n) is 8.83. The lowest BCUT2D eigenvalue weighted by Crippen LogP contribution is -2.42. The van der Waals surface area contributed by atoms with Crippen molar-refractivity contribution in [2.45, 2.75) is 6.17 Å². The molecular weight excluding hydrogens is 518 g/mol. The molecule has 0 spiro atoms. The van der Waals surface area contributed by atoms with Crippen LogP contribution in [0.25, 0.3) is 16.9 Å². The van der Waals surface area contributed by atoms with Gasteiger partial charge in [0.2, 0.25) is 6.17 Å². The summed E-state index contributed by atoms with van der Waals surface area (Å²) >= 11 is 0. The lowest BCUT2D eigenvalue weighted by atomic mass is 10.0. The van der Waals surface area contributed by atoms with Gasteiger partial charge in [-0.2, -0.15) is 5.10 Å². The number of para-hydroxylation sites is 1. The van der Waals surface area contributed by atoms with E-state index in [1.807, 2.05) is 6.07 Å². The monoisotopic (exact) mass is 538 g/mol. The molecule has 1 aliphatic rings. The predicted molar refractivity (Wildman–Crippen MR) is 143 cm³/mol. The highest BCUT2D eigenvalue weighted by molar-refractivity contribution is 6.20. The maximum absolute atomic E-state index is 15.0. The lowest BCUT2D eigenvalue weighted by molar-refractivity contribution is -0.117. The molecule has 2 N–H and O–H groups in total. The first-order valence-corrected chi connectivity index (χ1v) is 12.2. The summed E-state index contributed by atoms with van der Waals surface area (Å²) in [6.07, 6.45) is 1.56. The van der Waals surface area contributed by atoms with Gasteiger partial charge in [-0.25, -0.2) is 23.3 Å². The van der Waals surface area contributed by atoms with Gasteiger partial charge >= 0.3 is 0 Å². The molecule has 9 nitrogen and oxygen atoms in total. The zero-order valence-corrected chi connectivity index (χ0v) is 20.9. The van der Waals surface area contributed by atoms with Crippen LogP contribution >= 0.6 is 0 Å². The fraction of sp³-hybridized carbons (Fsp3) is 0.0690. The molecule has 0 aliphatic carbocycles. The number of aliphatic imine (C=N–C) groups is 1. The molecule has 1 aliphatic heterocycles. The number of carbonyl (C=O) groups excluding carboxylic acids is 2.